The van der Waals surface area contributed by atoms with Crippen molar-refractivity contribution < 1.29 is 18.9 Å². The molecule has 0 unspecified atom stereocenters. The van der Waals surface area contributed by atoms with E-state index in [1.54, 1.807) is 28.4 Å². The van der Waals surface area contributed by atoms with Gasteiger partial charge in [-0.1, -0.05) is 12.1 Å². The lowest BCUT2D eigenvalue weighted by Gasteiger charge is -2.29. The van der Waals surface area contributed by atoms with Crippen molar-refractivity contribution in [3.8, 4) is 23.0 Å². The van der Waals surface area contributed by atoms with Crippen molar-refractivity contribution in [3.05, 3.63) is 47.0 Å². The maximum atomic E-state index is 5.62. The van der Waals surface area contributed by atoms with Crippen LogP contribution in [0.25, 0.3) is 0 Å². The van der Waals surface area contributed by atoms with Crippen LogP contribution >= 0.6 is 0 Å². The Hall–Kier alpha value is -2.40. The number of ether oxygens (including phenoxy) is 4. The maximum absolute atomic E-state index is 5.62. The van der Waals surface area contributed by atoms with Crippen molar-refractivity contribution in [2.45, 2.75) is 12.5 Å². The third-order valence-electron chi connectivity index (χ3n) is 4.44. The summed E-state index contributed by atoms with van der Waals surface area (Å²) in [6, 6.07) is 10.1. The van der Waals surface area contributed by atoms with Gasteiger partial charge in [0.25, 0.3) is 0 Å². The van der Waals surface area contributed by atoms with Crippen LogP contribution in [0.1, 0.15) is 22.7 Å². The Balaban J connectivity index is 2.13. The van der Waals surface area contributed by atoms with Gasteiger partial charge in [0.05, 0.1) is 34.5 Å². The molecule has 0 saturated carbocycles. The van der Waals surface area contributed by atoms with Gasteiger partial charge in [0.2, 0.25) is 0 Å². The van der Waals surface area contributed by atoms with Crippen molar-refractivity contribution in [1.82, 2.24) is 5.32 Å². The van der Waals surface area contributed by atoms with Crippen molar-refractivity contribution in [2.75, 3.05) is 35.0 Å². The molecule has 1 aliphatic rings. The molecule has 0 radical (unpaired) electrons. The average Bonchev–Trinajstić information content (AvgIpc) is 2.65. The van der Waals surface area contributed by atoms with Crippen LogP contribution in [0.5, 0.6) is 23.0 Å². The second-order valence-electron chi connectivity index (χ2n) is 5.63. The quantitative estimate of drug-likeness (QED) is 0.914. The van der Waals surface area contributed by atoms with E-state index in [4.69, 9.17) is 18.9 Å². The molecule has 1 heterocycles. The van der Waals surface area contributed by atoms with E-state index in [1.165, 1.54) is 11.1 Å². The summed E-state index contributed by atoms with van der Waals surface area (Å²) in [6.07, 6.45) is 0.943. The van der Waals surface area contributed by atoms with Crippen LogP contribution in [-0.4, -0.2) is 35.0 Å². The van der Waals surface area contributed by atoms with Crippen LogP contribution < -0.4 is 24.3 Å². The fourth-order valence-electron chi connectivity index (χ4n) is 3.30. The Labute approximate surface area is 142 Å². The van der Waals surface area contributed by atoms with Gasteiger partial charge in [0.15, 0.2) is 23.0 Å². The lowest BCUT2D eigenvalue weighted by atomic mass is 9.88. The van der Waals surface area contributed by atoms with Gasteiger partial charge in [-0.25, -0.2) is 0 Å². The van der Waals surface area contributed by atoms with E-state index < -0.39 is 0 Å². The molecule has 0 aliphatic carbocycles. The summed E-state index contributed by atoms with van der Waals surface area (Å²) < 4.78 is 22.0. The van der Waals surface area contributed by atoms with Gasteiger partial charge in [-0.3, -0.25) is 0 Å². The third-order valence-corrected chi connectivity index (χ3v) is 4.44. The van der Waals surface area contributed by atoms with Gasteiger partial charge < -0.3 is 24.3 Å². The van der Waals surface area contributed by atoms with E-state index in [0.29, 0.717) is 0 Å². The molecule has 0 fully saturated rings. The minimum atomic E-state index is 0.0126. The molecule has 0 aromatic heterocycles. The van der Waals surface area contributed by atoms with Crippen molar-refractivity contribution in [1.29, 1.82) is 0 Å². The van der Waals surface area contributed by atoms with Crippen LogP contribution in [0.15, 0.2) is 30.3 Å². The maximum Gasteiger partial charge on any atom is 0.165 e. The summed E-state index contributed by atoms with van der Waals surface area (Å²) in [7, 11) is 6.63. The molecule has 0 saturated heterocycles. The highest BCUT2D eigenvalue weighted by atomic mass is 16.5. The number of hydrogen-bond donors (Lipinski definition) is 1. The predicted molar refractivity (Wildman–Crippen MR) is 92.6 cm³/mol. The first-order valence-corrected chi connectivity index (χ1v) is 7.92. The number of fused-ring (bicyclic) bond motifs is 1. The molecule has 0 amide bonds. The van der Waals surface area contributed by atoms with E-state index >= 15 is 0 Å². The van der Waals surface area contributed by atoms with Gasteiger partial charge >= 0.3 is 0 Å². The molecule has 5 heteroatoms. The molecule has 2 aromatic carbocycles. The number of benzene rings is 2. The molecule has 1 N–H and O–H groups in total. The van der Waals surface area contributed by atoms with Crippen LogP contribution in [0.3, 0.4) is 0 Å². The molecule has 2 aromatic rings. The largest absolute Gasteiger partial charge is 0.493 e. The summed E-state index contributed by atoms with van der Waals surface area (Å²) in [5.41, 5.74) is 3.47. The fourth-order valence-corrected chi connectivity index (χ4v) is 3.30. The zero-order valence-corrected chi connectivity index (χ0v) is 14.5. The highest BCUT2D eigenvalue weighted by Gasteiger charge is 2.27. The molecular formula is C19H23NO4. The lowest BCUT2D eigenvalue weighted by Crippen LogP contribution is -2.31. The third kappa shape index (κ3) is 2.76. The number of rotatable bonds is 5. The fraction of sp³-hybridized carbons (Fsp3) is 0.368. The monoisotopic (exact) mass is 329 g/mol. The predicted octanol–water partition coefficient (Wildman–Crippen LogP) is 2.96. The summed E-state index contributed by atoms with van der Waals surface area (Å²) in [5.74, 6) is 2.96. The number of hydrogen-bond acceptors (Lipinski definition) is 5. The van der Waals surface area contributed by atoms with Gasteiger partial charge in [-0.05, 0) is 35.7 Å². The van der Waals surface area contributed by atoms with E-state index in [1.807, 2.05) is 18.2 Å². The second kappa shape index (κ2) is 7.01. The Kier molecular flexibility index (Phi) is 4.81. The highest BCUT2D eigenvalue weighted by Crippen LogP contribution is 2.42. The zero-order valence-electron chi connectivity index (χ0n) is 14.5. The summed E-state index contributed by atoms with van der Waals surface area (Å²) in [4.78, 5) is 0. The van der Waals surface area contributed by atoms with Crippen LogP contribution in [0.4, 0.5) is 0 Å². The Morgan fingerprint density at radius 3 is 2.21 bits per heavy atom. The number of para-hydroxylation sites is 1. The molecule has 3 rings (SSSR count). The molecule has 1 atom stereocenters. The van der Waals surface area contributed by atoms with Crippen LogP contribution in [-0.2, 0) is 6.42 Å². The SMILES string of the molecule is COc1cc2c(cc1OC)[C@H](c1cccc(OC)c1OC)NCC2. The van der Waals surface area contributed by atoms with Crippen molar-refractivity contribution in [3.63, 3.8) is 0 Å². The Morgan fingerprint density at radius 1 is 0.833 bits per heavy atom. The molecular weight excluding hydrogens is 306 g/mol. The lowest BCUT2D eigenvalue weighted by molar-refractivity contribution is 0.346. The minimum Gasteiger partial charge on any atom is -0.493 e. The highest BCUT2D eigenvalue weighted by molar-refractivity contribution is 5.56. The zero-order chi connectivity index (χ0) is 17.1. The van der Waals surface area contributed by atoms with Crippen LogP contribution in [0, 0.1) is 0 Å². The first-order chi connectivity index (χ1) is 11.7. The summed E-state index contributed by atoms with van der Waals surface area (Å²) >= 11 is 0. The summed E-state index contributed by atoms with van der Waals surface area (Å²) in [6.45, 7) is 0.882. The van der Waals surface area contributed by atoms with Gasteiger partial charge in [-0.2, -0.15) is 0 Å². The molecule has 24 heavy (non-hydrogen) atoms. The molecule has 1 aliphatic heterocycles. The van der Waals surface area contributed by atoms with Crippen molar-refractivity contribution in [2.24, 2.45) is 0 Å². The van der Waals surface area contributed by atoms with Gasteiger partial charge in [0, 0.05) is 12.1 Å². The molecule has 0 bridgehead atoms. The topological polar surface area (TPSA) is 49.0 Å². The van der Waals surface area contributed by atoms with E-state index in [0.717, 1.165) is 41.5 Å². The van der Waals surface area contributed by atoms with Gasteiger partial charge in [0.1, 0.15) is 0 Å². The average molecular weight is 329 g/mol. The molecule has 128 valence electrons. The molecule has 5 nitrogen and oxygen atoms in total. The number of nitrogens with one attached hydrogen (secondary N) is 1. The smallest absolute Gasteiger partial charge is 0.165 e. The van der Waals surface area contributed by atoms with E-state index in [2.05, 4.69) is 17.4 Å². The first kappa shape index (κ1) is 16.5. The standard InChI is InChI=1S/C19H23NO4/c1-21-15-7-5-6-13(19(15)24-4)18-14-11-17(23-3)16(22-2)10-12(14)8-9-20-18/h5-7,10-11,18,20H,8-9H2,1-4H3/t18-/m0/s1. The van der Waals surface area contributed by atoms with Crippen LogP contribution in [0.2, 0.25) is 0 Å². The summed E-state index contributed by atoms with van der Waals surface area (Å²) in [5, 5.41) is 3.57. The Bertz CT molecular complexity index is 730. The van der Waals surface area contributed by atoms with Gasteiger partial charge in [-0.15, -0.1) is 0 Å². The molecule has 0 spiro atoms. The normalized spacial score (nSPS) is 16.2. The van der Waals surface area contributed by atoms with E-state index in [9.17, 15) is 0 Å². The second-order valence-corrected chi connectivity index (χ2v) is 5.63. The first-order valence-electron chi connectivity index (χ1n) is 7.92. The van der Waals surface area contributed by atoms with E-state index in [-0.39, 0.29) is 6.04 Å². The number of methoxy groups -OCH3 is 4. The minimum absolute atomic E-state index is 0.0126. The van der Waals surface area contributed by atoms with Crippen molar-refractivity contribution >= 4 is 0 Å². The Morgan fingerprint density at radius 2 is 1.54 bits per heavy atom.